The highest BCUT2D eigenvalue weighted by Crippen LogP contribution is 2.28. The van der Waals surface area contributed by atoms with E-state index in [2.05, 4.69) is 58.0 Å². The molecule has 0 bridgehead atoms. The second kappa shape index (κ2) is 3.69. The van der Waals surface area contributed by atoms with Gasteiger partial charge in [0.2, 0.25) is 0 Å². The molecule has 0 aliphatic heterocycles. The largest absolute Gasteiger partial charge is 1.00 e. The highest BCUT2D eigenvalue weighted by molar-refractivity contribution is 5.89. The lowest BCUT2D eigenvalue weighted by Crippen LogP contribution is -1.94. The first-order valence-corrected chi connectivity index (χ1v) is 5.60. The van der Waals surface area contributed by atoms with Crippen LogP contribution in [0.4, 0.5) is 0 Å². The van der Waals surface area contributed by atoms with Crippen molar-refractivity contribution in [2.75, 3.05) is 0 Å². The van der Waals surface area contributed by atoms with Gasteiger partial charge in [-0.3, -0.25) is 0 Å². The molecule has 0 saturated carbocycles. The van der Waals surface area contributed by atoms with Crippen molar-refractivity contribution in [2.24, 2.45) is 0 Å². The van der Waals surface area contributed by atoms with Crippen LogP contribution in [0.15, 0.2) is 30.3 Å². The Balaban J connectivity index is 0.00000128. The van der Waals surface area contributed by atoms with Crippen molar-refractivity contribution in [3.63, 3.8) is 0 Å². The molecule has 0 atom stereocenters. The van der Waals surface area contributed by atoms with E-state index in [1.807, 2.05) is 0 Å². The predicted molar refractivity (Wildman–Crippen MR) is 68.6 cm³/mol. The molecule has 0 heteroatoms. The minimum absolute atomic E-state index is 0. The highest BCUT2D eigenvalue weighted by Gasteiger charge is 2.07. The maximum absolute atomic E-state index is 2.27. The third-order valence-electron chi connectivity index (χ3n) is 3.18. The number of hydrogen-bond donors (Lipinski definition) is 0. The maximum Gasteiger partial charge on any atom is 1.00 e. The molecule has 0 aliphatic carbocycles. The summed E-state index contributed by atoms with van der Waals surface area (Å²) in [6.07, 6.45) is 0. The Morgan fingerprint density at radius 3 is 2.40 bits per heavy atom. The molecule has 0 radical (unpaired) electrons. The second-order valence-corrected chi connectivity index (χ2v) is 4.61. The topological polar surface area (TPSA) is 0 Å². The fourth-order valence-corrected chi connectivity index (χ4v) is 2.42. The highest BCUT2D eigenvalue weighted by atomic mass is 14.1. The molecule has 0 nitrogen and oxygen atoms in total. The van der Waals surface area contributed by atoms with E-state index in [-0.39, 0.29) is 1.43 Å². The van der Waals surface area contributed by atoms with Crippen molar-refractivity contribution in [1.29, 1.82) is 0 Å². The number of hydrogen-bond acceptors (Lipinski definition) is 0. The molecule has 2 rings (SSSR count). The molecule has 0 amide bonds. The van der Waals surface area contributed by atoms with Gasteiger partial charge in [-0.25, -0.2) is 0 Å². The smallest absolute Gasteiger partial charge is 0.0614 e. The van der Waals surface area contributed by atoms with Crippen LogP contribution in [0, 0.1) is 13.8 Å². The zero-order chi connectivity index (χ0) is 11.0. The molecule has 0 N–H and O–H groups in total. The van der Waals surface area contributed by atoms with Crippen LogP contribution in [-0.2, 0) is 0 Å². The molecule has 0 unspecified atom stereocenters. The molecular weight excluding hydrogens is 180 g/mol. The quantitative estimate of drug-likeness (QED) is 0.625. The summed E-state index contributed by atoms with van der Waals surface area (Å²) in [5.41, 5.74) is 4.30. The Morgan fingerprint density at radius 2 is 1.73 bits per heavy atom. The molecule has 15 heavy (non-hydrogen) atoms. The summed E-state index contributed by atoms with van der Waals surface area (Å²) in [6, 6.07) is 11.0. The van der Waals surface area contributed by atoms with Crippen molar-refractivity contribution >= 4 is 10.8 Å². The monoisotopic (exact) mass is 199 g/mol. The normalized spacial score (nSPS) is 11.3. The lowest BCUT2D eigenvalue weighted by molar-refractivity contribution is 0.859. The molecule has 0 heterocycles. The summed E-state index contributed by atoms with van der Waals surface area (Å²) in [5, 5.41) is 2.79. The van der Waals surface area contributed by atoms with Gasteiger partial charge in [0, 0.05) is 0 Å². The maximum atomic E-state index is 2.27. The number of aryl methyl sites for hydroxylation is 2. The van der Waals surface area contributed by atoms with E-state index >= 15 is 0 Å². The molecular formula is C15H19+. The van der Waals surface area contributed by atoms with Gasteiger partial charge in [-0.2, -0.15) is 0 Å². The number of benzene rings is 2. The molecule has 0 aromatic heterocycles. The van der Waals surface area contributed by atoms with E-state index in [1.165, 1.54) is 27.5 Å². The van der Waals surface area contributed by atoms with Gasteiger partial charge in [-0.05, 0) is 47.2 Å². The Morgan fingerprint density at radius 1 is 1.00 bits per heavy atom. The molecule has 0 fully saturated rings. The fourth-order valence-electron chi connectivity index (χ4n) is 2.42. The minimum atomic E-state index is 0. The SMILES string of the molecule is Cc1cccc2ccc(C(C)C)c(C)c12.[H+]. The van der Waals surface area contributed by atoms with E-state index < -0.39 is 0 Å². The van der Waals surface area contributed by atoms with Gasteiger partial charge < -0.3 is 0 Å². The Hall–Kier alpha value is -1.30. The Labute approximate surface area is 93.4 Å². The van der Waals surface area contributed by atoms with Gasteiger partial charge in [0.1, 0.15) is 0 Å². The minimum Gasteiger partial charge on any atom is -0.0614 e. The van der Waals surface area contributed by atoms with Gasteiger partial charge in [-0.15, -0.1) is 0 Å². The molecule has 78 valence electrons. The van der Waals surface area contributed by atoms with Crippen LogP contribution in [0.25, 0.3) is 10.8 Å². The van der Waals surface area contributed by atoms with Crippen molar-refractivity contribution in [3.8, 4) is 0 Å². The first-order chi connectivity index (χ1) is 7.11. The first-order valence-electron chi connectivity index (χ1n) is 5.60. The van der Waals surface area contributed by atoms with E-state index in [1.54, 1.807) is 0 Å². The lowest BCUT2D eigenvalue weighted by Gasteiger charge is -2.13. The van der Waals surface area contributed by atoms with Gasteiger partial charge in [0.15, 0.2) is 0 Å². The van der Waals surface area contributed by atoms with Crippen molar-refractivity contribution in [3.05, 3.63) is 47.0 Å². The summed E-state index contributed by atoms with van der Waals surface area (Å²) >= 11 is 0. The molecule has 0 aliphatic rings. The van der Waals surface area contributed by atoms with Crippen molar-refractivity contribution in [2.45, 2.75) is 33.6 Å². The average molecular weight is 199 g/mol. The van der Waals surface area contributed by atoms with Crippen LogP contribution in [0.5, 0.6) is 0 Å². The van der Waals surface area contributed by atoms with Crippen molar-refractivity contribution < 1.29 is 1.43 Å². The molecule has 0 spiro atoms. The van der Waals surface area contributed by atoms with Gasteiger partial charge in [-0.1, -0.05) is 44.2 Å². The number of fused-ring (bicyclic) bond motifs is 1. The average Bonchev–Trinajstić information content (AvgIpc) is 2.17. The van der Waals surface area contributed by atoms with Crippen LogP contribution in [0.1, 0.15) is 37.9 Å². The Bertz CT molecular complexity index is 498. The van der Waals surface area contributed by atoms with Crippen LogP contribution in [-0.4, -0.2) is 0 Å². The van der Waals surface area contributed by atoms with Gasteiger partial charge >= 0.3 is 1.43 Å². The van der Waals surface area contributed by atoms with Gasteiger partial charge in [0.25, 0.3) is 0 Å². The summed E-state index contributed by atoms with van der Waals surface area (Å²) in [5.74, 6) is 0.606. The van der Waals surface area contributed by atoms with Crippen LogP contribution in [0.3, 0.4) is 0 Å². The van der Waals surface area contributed by atoms with E-state index in [9.17, 15) is 0 Å². The van der Waals surface area contributed by atoms with E-state index in [0.29, 0.717) is 5.92 Å². The zero-order valence-electron chi connectivity index (χ0n) is 11.0. The predicted octanol–water partition coefficient (Wildman–Crippen LogP) is 4.69. The summed E-state index contributed by atoms with van der Waals surface area (Å²) in [4.78, 5) is 0. The number of rotatable bonds is 1. The standard InChI is InChI=1S/C15H18/c1-10(2)14-9-8-13-7-5-6-11(3)15(13)12(14)4/h5-10H,1-4H3/p+1. The van der Waals surface area contributed by atoms with Crippen LogP contribution in [0.2, 0.25) is 0 Å². The second-order valence-electron chi connectivity index (χ2n) is 4.61. The summed E-state index contributed by atoms with van der Waals surface area (Å²) in [6.45, 7) is 8.95. The molecule has 0 saturated heterocycles. The third-order valence-corrected chi connectivity index (χ3v) is 3.18. The van der Waals surface area contributed by atoms with E-state index in [0.717, 1.165) is 0 Å². The van der Waals surface area contributed by atoms with Crippen LogP contribution >= 0.6 is 0 Å². The Kier molecular flexibility index (Phi) is 2.52. The molecule has 2 aromatic carbocycles. The van der Waals surface area contributed by atoms with Crippen LogP contribution < -0.4 is 0 Å². The fraction of sp³-hybridized carbons (Fsp3) is 0.333. The van der Waals surface area contributed by atoms with E-state index in [4.69, 9.17) is 0 Å². The first kappa shape index (κ1) is 10.2. The lowest BCUT2D eigenvalue weighted by atomic mass is 9.91. The zero-order valence-corrected chi connectivity index (χ0v) is 9.96. The summed E-state index contributed by atoms with van der Waals surface area (Å²) in [7, 11) is 0. The third kappa shape index (κ3) is 1.65. The van der Waals surface area contributed by atoms with Crippen molar-refractivity contribution in [1.82, 2.24) is 0 Å². The summed E-state index contributed by atoms with van der Waals surface area (Å²) < 4.78 is 0. The molecule has 2 aromatic rings. The van der Waals surface area contributed by atoms with Gasteiger partial charge in [0.05, 0.1) is 0 Å².